The molecule has 1 fully saturated rings. The van der Waals surface area contributed by atoms with Crippen molar-refractivity contribution in [3.8, 4) is 6.07 Å². The van der Waals surface area contributed by atoms with Gasteiger partial charge in [-0.3, -0.25) is 9.98 Å². The molecule has 0 aromatic carbocycles. The lowest BCUT2D eigenvalue weighted by Crippen LogP contribution is -2.35. The predicted molar refractivity (Wildman–Crippen MR) is 109 cm³/mol. The van der Waals surface area contributed by atoms with E-state index < -0.39 is 0 Å². The van der Waals surface area contributed by atoms with Gasteiger partial charge in [0, 0.05) is 42.8 Å². The number of aromatic nitrogens is 2. The van der Waals surface area contributed by atoms with E-state index in [1.54, 1.807) is 18.5 Å². The van der Waals surface area contributed by atoms with Crippen LogP contribution in [0.4, 0.5) is 0 Å². The molecule has 6 nitrogen and oxygen atoms in total. The fourth-order valence-electron chi connectivity index (χ4n) is 3.27. The first-order valence-electron chi connectivity index (χ1n) is 9.16. The van der Waals surface area contributed by atoms with Gasteiger partial charge in [-0.25, -0.2) is 4.98 Å². The molecular weight excluding hydrogens is 360 g/mol. The van der Waals surface area contributed by atoms with E-state index in [1.807, 2.05) is 12.1 Å². The quantitative estimate of drug-likeness (QED) is 0.470. The Kier molecular flexibility index (Phi) is 6.74. The number of aliphatic imine (C=N–C) groups is 1. The lowest BCUT2D eigenvalue weighted by molar-refractivity contribution is 0.199. The molecule has 2 aromatic heterocycles. The number of fused-ring (bicyclic) bond motifs is 1. The van der Waals surface area contributed by atoms with Crippen molar-refractivity contribution in [1.82, 2.24) is 14.9 Å². The molecule has 0 spiro atoms. The van der Waals surface area contributed by atoms with Gasteiger partial charge in [-0.15, -0.1) is 0 Å². The van der Waals surface area contributed by atoms with Crippen molar-refractivity contribution in [3.63, 3.8) is 0 Å². The van der Waals surface area contributed by atoms with Gasteiger partial charge >= 0.3 is 0 Å². The Morgan fingerprint density at radius 1 is 1.44 bits per heavy atom. The summed E-state index contributed by atoms with van der Waals surface area (Å²) in [5, 5.41) is 9.50. The lowest BCUT2D eigenvalue weighted by Gasteiger charge is -2.29. The molecule has 0 aliphatic carbocycles. The summed E-state index contributed by atoms with van der Waals surface area (Å²) in [7, 11) is 0. The van der Waals surface area contributed by atoms with Crippen LogP contribution in [0.3, 0.4) is 0 Å². The molecule has 3 heterocycles. The van der Waals surface area contributed by atoms with Crippen molar-refractivity contribution in [2.45, 2.75) is 19.3 Å². The van der Waals surface area contributed by atoms with E-state index in [9.17, 15) is 0 Å². The zero-order chi connectivity index (χ0) is 19.1. The molecule has 2 aromatic rings. The molecule has 0 saturated carbocycles. The first-order chi connectivity index (χ1) is 13.2. The zero-order valence-electron chi connectivity index (χ0n) is 15.2. The van der Waals surface area contributed by atoms with Gasteiger partial charge in [0.05, 0.1) is 23.0 Å². The lowest BCUT2D eigenvalue weighted by atomic mass is 10.00. The van der Waals surface area contributed by atoms with Crippen LogP contribution in [0.2, 0.25) is 5.15 Å². The van der Waals surface area contributed by atoms with E-state index in [1.165, 1.54) is 6.20 Å². The molecule has 3 rings (SSSR count). The minimum atomic E-state index is 0.177. The van der Waals surface area contributed by atoms with E-state index in [0.29, 0.717) is 5.15 Å². The summed E-state index contributed by atoms with van der Waals surface area (Å²) >= 11 is 5.96. The minimum absolute atomic E-state index is 0.177. The molecule has 1 saturated heterocycles. The van der Waals surface area contributed by atoms with Crippen LogP contribution in [0, 0.1) is 17.2 Å². The third-order valence-corrected chi connectivity index (χ3v) is 4.91. The molecule has 1 atom stereocenters. The molecule has 1 aliphatic heterocycles. The molecular formula is C20H23ClN6. The van der Waals surface area contributed by atoms with E-state index in [0.717, 1.165) is 67.6 Å². The van der Waals surface area contributed by atoms with E-state index >= 15 is 0 Å². The number of nitrogens with zero attached hydrogens (tertiary/aromatic N) is 5. The molecule has 1 aliphatic rings. The Morgan fingerprint density at radius 3 is 3.15 bits per heavy atom. The second-order valence-electron chi connectivity index (χ2n) is 6.68. The normalized spacial score (nSPS) is 18.8. The van der Waals surface area contributed by atoms with Gasteiger partial charge in [0.25, 0.3) is 0 Å². The number of piperidine rings is 1. The Hall–Kier alpha value is -2.49. The Labute approximate surface area is 164 Å². The van der Waals surface area contributed by atoms with Crippen molar-refractivity contribution in [2.75, 3.05) is 26.2 Å². The van der Waals surface area contributed by atoms with E-state index in [2.05, 4.69) is 25.9 Å². The minimum Gasteiger partial charge on any atom is -0.404 e. The number of nitrogens with two attached hydrogens (primary N) is 1. The van der Waals surface area contributed by atoms with Gasteiger partial charge < -0.3 is 10.6 Å². The van der Waals surface area contributed by atoms with Crippen molar-refractivity contribution >= 4 is 34.4 Å². The molecule has 7 heteroatoms. The smallest absolute Gasteiger partial charge is 0.129 e. The number of hydrogen-bond donors (Lipinski definition) is 1. The Morgan fingerprint density at radius 2 is 2.33 bits per heavy atom. The summed E-state index contributed by atoms with van der Waals surface area (Å²) in [4.78, 5) is 15.5. The average Bonchev–Trinajstić information content (AvgIpc) is 2.70. The predicted octanol–water partition coefficient (Wildman–Crippen LogP) is 3.28. The highest BCUT2D eigenvalue weighted by Crippen LogP contribution is 2.19. The summed E-state index contributed by atoms with van der Waals surface area (Å²) in [6, 6.07) is 7.85. The van der Waals surface area contributed by atoms with E-state index in [-0.39, 0.29) is 5.92 Å². The summed E-state index contributed by atoms with van der Waals surface area (Å²) in [5.74, 6) is 0.177. The summed E-state index contributed by atoms with van der Waals surface area (Å²) in [5.41, 5.74) is 8.94. The largest absolute Gasteiger partial charge is 0.404 e. The summed E-state index contributed by atoms with van der Waals surface area (Å²) < 4.78 is 0. The topological polar surface area (TPSA) is 91.2 Å². The number of likely N-dealkylation sites (tertiary alicyclic amines) is 1. The van der Waals surface area contributed by atoms with Crippen LogP contribution in [0.1, 0.15) is 24.8 Å². The number of halogens is 1. The van der Waals surface area contributed by atoms with Gasteiger partial charge in [-0.05, 0) is 50.6 Å². The number of pyridine rings is 2. The van der Waals surface area contributed by atoms with Gasteiger partial charge in [0.2, 0.25) is 0 Å². The number of hydrogen-bond acceptors (Lipinski definition) is 6. The molecule has 0 bridgehead atoms. The van der Waals surface area contributed by atoms with Crippen LogP contribution in [0.5, 0.6) is 0 Å². The van der Waals surface area contributed by atoms with Crippen LogP contribution in [-0.2, 0) is 0 Å². The third kappa shape index (κ3) is 5.25. The van der Waals surface area contributed by atoms with Gasteiger partial charge in [0.15, 0.2) is 0 Å². The highest BCUT2D eigenvalue weighted by molar-refractivity contribution is 6.29. The Bertz CT molecular complexity index is 886. The SMILES string of the molecule is N#CC1CCCN(CCCN=CC(=CN)c2cnc3ccc(Cl)nc3c2)C1. The molecule has 0 amide bonds. The summed E-state index contributed by atoms with van der Waals surface area (Å²) in [6.07, 6.45) is 8.16. The number of nitriles is 1. The molecule has 0 radical (unpaired) electrons. The van der Waals surface area contributed by atoms with Gasteiger partial charge in [0.1, 0.15) is 5.15 Å². The number of rotatable bonds is 6. The molecule has 2 N–H and O–H groups in total. The zero-order valence-corrected chi connectivity index (χ0v) is 15.9. The monoisotopic (exact) mass is 382 g/mol. The maximum Gasteiger partial charge on any atom is 0.129 e. The van der Waals surface area contributed by atoms with Gasteiger partial charge in [-0.1, -0.05) is 11.6 Å². The van der Waals surface area contributed by atoms with E-state index in [4.69, 9.17) is 22.6 Å². The number of allylic oxidation sites excluding steroid dienone is 1. The van der Waals surface area contributed by atoms with Crippen molar-refractivity contribution in [3.05, 3.63) is 41.3 Å². The average molecular weight is 383 g/mol. The first-order valence-corrected chi connectivity index (χ1v) is 9.54. The van der Waals surface area contributed by atoms with Gasteiger partial charge in [-0.2, -0.15) is 5.26 Å². The van der Waals surface area contributed by atoms with Crippen LogP contribution >= 0.6 is 11.6 Å². The van der Waals surface area contributed by atoms with Crippen LogP contribution in [-0.4, -0.2) is 47.3 Å². The van der Waals surface area contributed by atoms with Crippen molar-refractivity contribution in [2.24, 2.45) is 16.6 Å². The fraction of sp³-hybridized carbons (Fsp3) is 0.400. The second-order valence-corrected chi connectivity index (χ2v) is 7.06. The van der Waals surface area contributed by atoms with Crippen molar-refractivity contribution < 1.29 is 0 Å². The summed E-state index contributed by atoms with van der Waals surface area (Å²) in [6.45, 7) is 3.65. The molecule has 1 unspecified atom stereocenters. The molecule has 140 valence electrons. The highest BCUT2D eigenvalue weighted by atomic mass is 35.5. The first kappa shape index (κ1) is 19.3. The van der Waals surface area contributed by atoms with Crippen LogP contribution < -0.4 is 5.73 Å². The van der Waals surface area contributed by atoms with Crippen LogP contribution in [0.15, 0.2) is 35.6 Å². The fourth-order valence-corrected chi connectivity index (χ4v) is 3.42. The third-order valence-electron chi connectivity index (χ3n) is 4.70. The molecule has 27 heavy (non-hydrogen) atoms. The second kappa shape index (κ2) is 9.45. The maximum absolute atomic E-state index is 9.06. The van der Waals surface area contributed by atoms with Crippen LogP contribution in [0.25, 0.3) is 16.6 Å². The Balaban J connectivity index is 1.55. The standard InChI is InChI=1S/C20H23ClN6/c21-20-5-4-18-19(26-20)9-16(13-25-18)17(11-23)12-24-6-2-8-27-7-1-3-15(10-22)14-27/h4-5,9,11-13,15H,1-3,6-8,14,23H2. The maximum atomic E-state index is 9.06. The highest BCUT2D eigenvalue weighted by Gasteiger charge is 2.18. The van der Waals surface area contributed by atoms with Crippen molar-refractivity contribution in [1.29, 1.82) is 5.26 Å².